The van der Waals surface area contributed by atoms with Crippen LogP contribution in [0.5, 0.6) is 0 Å². The lowest BCUT2D eigenvalue weighted by Gasteiger charge is -2.38. The molecule has 0 saturated heterocycles. The number of aliphatic carboxylic acids is 2. The summed E-state index contributed by atoms with van der Waals surface area (Å²) in [6.45, 7) is 12.5. The van der Waals surface area contributed by atoms with Crippen LogP contribution < -0.4 is 0 Å². The standard InChI is InChI=1S/C13H26O5Si/c1-9(18-19(5,6)13(2,3)4)7-8-10(11(14)15)12(16)17/h9-10H,7-8H2,1-6H3,(H,14,15)(H,16,17)/t9-/m1/s1. The number of rotatable bonds is 7. The second kappa shape index (κ2) is 6.52. The SMILES string of the molecule is C[C@H](CCC(C(=O)O)C(=O)O)O[Si](C)(C)C(C)(C)C. The third-order valence-corrected chi connectivity index (χ3v) is 8.36. The molecule has 19 heavy (non-hydrogen) atoms. The molecule has 112 valence electrons. The number of carbonyl (C=O) groups is 2. The molecule has 0 aliphatic rings. The zero-order valence-electron chi connectivity index (χ0n) is 12.7. The predicted octanol–water partition coefficient (Wildman–Crippen LogP) is 2.96. The summed E-state index contributed by atoms with van der Waals surface area (Å²) < 4.78 is 6.07. The molecule has 0 rings (SSSR count). The van der Waals surface area contributed by atoms with Gasteiger partial charge in [-0.3, -0.25) is 9.59 Å². The maximum Gasteiger partial charge on any atom is 0.317 e. The molecular weight excluding hydrogens is 264 g/mol. The van der Waals surface area contributed by atoms with Crippen molar-refractivity contribution in [2.24, 2.45) is 5.92 Å². The van der Waals surface area contributed by atoms with Gasteiger partial charge in [-0.25, -0.2) is 0 Å². The number of hydrogen-bond donors (Lipinski definition) is 2. The molecular formula is C13H26O5Si. The second-order valence-electron chi connectivity index (χ2n) is 6.50. The van der Waals surface area contributed by atoms with Crippen LogP contribution in [0.3, 0.4) is 0 Å². The summed E-state index contributed by atoms with van der Waals surface area (Å²) >= 11 is 0. The van der Waals surface area contributed by atoms with E-state index >= 15 is 0 Å². The van der Waals surface area contributed by atoms with Gasteiger partial charge in [-0.05, 0) is 37.9 Å². The Kier molecular flexibility index (Phi) is 6.22. The fourth-order valence-corrected chi connectivity index (χ4v) is 2.97. The van der Waals surface area contributed by atoms with Gasteiger partial charge in [-0.1, -0.05) is 20.8 Å². The van der Waals surface area contributed by atoms with Crippen molar-refractivity contribution >= 4 is 20.3 Å². The van der Waals surface area contributed by atoms with E-state index in [4.69, 9.17) is 14.6 Å². The third-order valence-electron chi connectivity index (χ3n) is 3.76. The van der Waals surface area contributed by atoms with Gasteiger partial charge in [0.05, 0.1) is 0 Å². The summed E-state index contributed by atoms with van der Waals surface area (Å²) in [6.07, 6.45) is 0.415. The van der Waals surface area contributed by atoms with Crippen molar-refractivity contribution < 1.29 is 24.2 Å². The monoisotopic (exact) mass is 290 g/mol. The van der Waals surface area contributed by atoms with Crippen molar-refractivity contribution in [1.82, 2.24) is 0 Å². The van der Waals surface area contributed by atoms with Crippen LogP contribution in [0.25, 0.3) is 0 Å². The molecule has 0 fully saturated rings. The van der Waals surface area contributed by atoms with Crippen LogP contribution >= 0.6 is 0 Å². The van der Waals surface area contributed by atoms with Gasteiger partial charge in [0.25, 0.3) is 0 Å². The minimum absolute atomic E-state index is 0.0836. The predicted molar refractivity (Wildman–Crippen MR) is 75.7 cm³/mol. The average molecular weight is 290 g/mol. The first-order valence-corrected chi connectivity index (χ1v) is 9.42. The van der Waals surface area contributed by atoms with Gasteiger partial charge in [0.1, 0.15) is 0 Å². The van der Waals surface area contributed by atoms with Crippen LogP contribution in [0.15, 0.2) is 0 Å². The molecule has 0 aromatic rings. The van der Waals surface area contributed by atoms with Gasteiger partial charge >= 0.3 is 11.9 Å². The van der Waals surface area contributed by atoms with E-state index in [9.17, 15) is 9.59 Å². The van der Waals surface area contributed by atoms with E-state index in [0.29, 0.717) is 6.42 Å². The Morgan fingerprint density at radius 1 is 1.11 bits per heavy atom. The maximum absolute atomic E-state index is 10.8. The number of hydrogen-bond acceptors (Lipinski definition) is 3. The molecule has 0 heterocycles. The van der Waals surface area contributed by atoms with Crippen LogP contribution in [-0.2, 0) is 14.0 Å². The van der Waals surface area contributed by atoms with Crippen molar-refractivity contribution in [3.63, 3.8) is 0 Å². The first-order valence-electron chi connectivity index (χ1n) is 6.52. The van der Waals surface area contributed by atoms with Crippen LogP contribution in [0.2, 0.25) is 18.1 Å². The molecule has 0 aliphatic carbocycles. The number of carboxylic acids is 2. The van der Waals surface area contributed by atoms with Gasteiger partial charge in [-0.15, -0.1) is 0 Å². The zero-order chi connectivity index (χ0) is 15.4. The van der Waals surface area contributed by atoms with Crippen LogP contribution in [0.1, 0.15) is 40.5 Å². The minimum atomic E-state index is -1.89. The molecule has 5 nitrogen and oxygen atoms in total. The summed E-state index contributed by atoms with van der Waals surface area (Å²) in [5.74, 6) is -3.91. The van der Waals surface area contributed by atoms with E-state index in [1.54, 1.807) is 0 Å². The normalized spacial score (nSPS) is 14.5. The summed E-state index contributed by atoms with van der Waals surface area (Å²) in [6, 6.07) is 0. The maximum atomic E-state index is 10.8. The van der Waals surface area contributed by atoms with E-state index in [0.717, 1.165) is 0 Å². The molecule has 2 N–H and O–H groups in total. The van der Waals surface area contributed by atoms with Gasteiger partial charge < -0.3 is 14.6 Å². The fourth-order valence-electron chi connectivity index (χ4n) is 1.49. The van der Waals surface area contributed by atoms with Crippen molar-refractivity contribution in [3.05, 3.63) is 0 Å². The smallest absolute Gasteiger partial charge is 0.317 e. The molecule has 1 atom stereocenters. The lowest BCUT2D eigenvalue weighted by Crippen LogP contribution is -2.43. The Morgan fingerprint density at radius 2 is 1.53 bits per heavy atom. The zero-order valence-corrected chi connectivity index (χ0v) is 13.7. The summed E-state index contributed by atoms with van der Waals surface area (Å²) in [5.41, 5.74) is 0. The molecule has 0 radical (unpaired) electrons. The number of carboxylic acid groups (broad SMARTS) is 2. The van der Waals surface area contributed by atoms with Crippen molar-refractivity contribution in [3.8, 4) is 0 Å². The molecule has 6 heteroatoms. The van der Waals surface area contributed by atoms with E-state index < -0.39 is 26.2 Å². The van der Waals surface area contributed by atoms with E-state index in [1.165, 1.54) is 0 Å². The quantitative estimate of drug-likeness (QED) is 0.556. The Bertz CT molecular complexity index is 318. The van der Waals surface area contributed by atoms with Gasteiger partial charge in [0, 0.05) is 6.10 Å². The lowest BCUT2D eigenvalue weighted by atomic mass is 10.0. The Hall–Kier alpha value is -0.883. The topological polar surface area (TPSA) is 83.8 Å². The molecule has 0 amide bonds. The third kappa shape index (κ3) is 5.73. The van der Waals surface area contributed by atoms with Gasteiger partial charge in [0.15, 0.2) is 14.2 Å². The second-order valence-corrected chi connectivity index (χ2v) is 11.3. The highest BCUT2D eigenvalue weighted by Gasteiger charge is 2.38. The highest BCUT2D eigenvalue weighted by atomic mass is 28.4. The first-order chi connectivity index (χ1) is 8.38. The first kappa shape index (κ1) is 18.1. The summed E-state index contributed by atoms with van der Waals surface area (Å²) in [7, 11) is -1.89. The highest BCUT2D eigenvalue weighted by molar-refractivity contribution is 6.74. The lowest BCUT2D eigenvalue weighted by molar-refractivity contribution is -0.154. The molecule has 0 aliphatic heterocycles. The van der Waals surface area contributed by atoms with Gasteiger partial charge in [0.2, 0.25) is 0 Å². The van der Waals surface area contributed by atoms with Crippen molar-refractivity contribution in [2.45, 2.75) is 64.8 Å². The molecule has 0 spiro atoms. The van der Waals surface area contributed by atoms with Crippen LogP contribution in [0.4, 0.5) is 0 Å². The average Bonchev–Trinajstić information content (AvgIpc) is 2.13. The van der Waals surface area contributed by atoms with Crippen LogP contribution in [-0.4, -0.2) is 36.6 Å². The molecule has 0 aromatic carbocycles. The van der Waals surface area contributed by atoms with Crippen molar-refractivity contribution in [1.29, 1.82) is 0 Å². The molecule has 0 saturated carbocycles. The van der Waals surface area contributed by atoms with E-state index in [2.05, 4.69) is 33.9 Å². The van der Waals surface area contributed by atoms with E-state index in [1.807, 2.05) is 6.92 Å². The Balaban J connectivity index is 4.45. The van der Waals surface area contributed by atoms with Crippen molar-refractivity contribution in [2.75, 3.05) is 0 Å². The summed E-state index contributed by atoms with van der Waals surface area (Å²) in [4.78, 5) is 21.6. The van der Waals surface area contributed by atoms with Crippen LogP contribution in [0, 0.1) is 5.92 Å². The van der Waals surface area contributed by atoms with Gasteiger partial charge in [-0.2, -0.15) is 0 Å². The Labute approximate surface area is 116 Å². The minimum Gasteiger partial charge on any atom is -0.481 e. The fraction of sp³-hybridized carbons (Fsp3) is 0.846. The van der Waals surface area contributed by atoms with E-state index in [-0.39, 0.29) is 17.6 Å². The summed E-state index contributed by atoms with van der Waals surface area (Å²) in [5, 5.41) is 17.7. The molecule has 0 unspecified atom stereocenters. The molecule has 0 aromatic heterocycles. The largest absolute Gasteiger partial charge is 0.481 e. The molecule has 0 bridgehead atoms. The highest BCUT2D eigenvalue weighted by Crippen LogP contribution is 2.37. The Morgan fingerprint density at radius 3 is 1.84 bits per heavy atom.